The first-order chi connectivity index (χ1) is 4.97. The van der Waals surface area contributed by atoms with Crippen molar-refractivity contribution in [1.29, 1.82) is 0 Å². The van der Waals surface area contributed by atoms with Crippen LogP contribution in [0.25, 0.3) is 0 Å². The van der Waals surface area contributed by atoms with Crippen molar-refractivity contribution in [1.82, 2.24) is 0 Å². The van der Waals surface area contributed by atoms with Crippen molar-refractivity contribution in [3.63, 3.8) is 0 Å². The number of hydrogen-bond donors (Lipinski definition) is 0. The molecule has 1 aliphatic rings. The first-order valence-electron chi connectivity index (χ1n) is 3.23. The minimum Gasteiger partial charge on any atom is -0.462 e. The summed E-state index contributed by atoms with van der Waals surface area (Å²) < 4.78 is 39.3. The molecule has 1 fully saturated rings. The maximum Gasteiger partial charge on any atom is 0.392 e. The van der Waals surface area contributed by atoms with E-state index in [-0.39, 0.29) is 12.8 Å². The SMILES string of the molecule is O=C1CC[C@H](CC(F)(F)F)O1. The molecule has 11 heavy (non-hydrogen) atoms. The van der Waals surface area contributed by atoms with E-state index < -0.39 is 24.7 Å². The van der Waals surface area contributed by atoms with Crippen LogP contribution in [0.2, 0.25) is 0 Å². The lowest BCUT2D eigenvalue weighted by molar-refractivity contribution is -0.163. The van der Waals surface area contributed by atoms with E-state index in [1.165, 1.54) is 0 Å². The van der Waals surface area contributed by atoms with Crippen molar-refractivity contribution in [2.24, 2.45) is 0 Å². The molecule has 1 heterocycles. The second-order valence-corrected chi connectivity index (χ2v) is 2.47. The van der Waals surface area contributed by atoms with Crippen LogP contribution in [0.4, 0.5) is 13.2 Å². The van der Waals surface area contributed by atoms with Crippen molar-refractivity contribution in [3.05, 3.63) is 0 Å². The average Bonchev–Trinajstić information content (AvgIpc) is 2.10. The minimum atomic E-state index is -4.23. The number of esters is 1. The maximum atomic E-state index is 11.6. The van der Waals surface area contributed by atoms with Gasteiger partial charge in [-0.25, -0.2) is 0 Å². The third-order valence-electron chi connectivity index (χ3n) is 1.43. The molecule has 1 rings (SSSR count). The molecule has 0 radical (unpaired) electrons. The summed E-state index contributed by atoms with van der Waals surface area (Å²) in [7, 11) is 0. The molecule has 1 aliphatic heterocycles. The molecule has 0 amide bonds. The van der Waals surface area contributed by atoms with E-state index >= 15 is 0 Å². The van der Waals surface area contributed by atoms with Crippen molar-refractivity contribution in [2.75, 3.05) is 0 Å². The molecule has 0 aromatic rings. The van der Waals surface area contributed by atoms with Gasteiger partial charge in [-0.1, -0.05) is 0 Å². The van der Waals surface area contributed by atoms with E-state index in [9.17, 15) is 18.0 Å². The van der Waals surface area contributed by atoms with Gasteiger partial charge >= 0.3 is 12.1 Å². The fraction of sp³-hybridized carbons (Fsp3) is 0.833. The highest BCUT2D eigenvalue weighted by atomic mass is 19.4. The molecule has 0 unspecified atom stereocenters. The Morgan fingerprint density at radius 2 is 2.18 bits per heavy atom. The molecule has 0 bridgehead atoms. The summed E-state index contributed by atoms with van der Waals surface area (Å²) in [6.07, 6.45) is -5.88. The van der Waals surface area contributed by atoms with E-state index in [2.05, 4.69) is 4.74 Å². The van der Waals surface area contributed by atoms with Gasteiger partial charge in [0.05, 0.1) is 6.42 Å². The van der Waals surface area contributed by atoms with Crippen molar-refractivity contribution >= 4 is 5.97 Å². The standard InChI is InChI=1S/C6H7F3O2/c7-6(8,9)3-4-1-2-5(10)11-4/h4H,1-3H2/t4-/m1/s1. The van der Waals surface area contributed by atoms with Crippen LogP contribution in [0.1, 0.15) is 19.3 Å². The zero-order valence-electron chi connectivity index (χ0n) is 5.65. The number of halogens is 3. The summed E-state index contributed by atoms with van der Waals surface area (Å²) in [5.41, 5.74) is 0. The van der Waals surface area contributed by atoms with Gasteiger partial charge in [0.25, 0.3) is 0 Å². The molecule has 0 spiro atoms. The molecule has 5 heteroatoms. The summed E-state index contributed by atoms with van der Waals surface area (Å²) in [6, 6.07) is 0. The molecule has 0 aromatic carbocycles. The molecule has 0 N–H and O–H groups in total. The van der Waals surface area contributed by atoms with Crippen LogP contribution in [0.3, 0.4) is 0 Å². The van der Waals surface area contributed by atoms with E-state index in [1.54, 1.807) is 0 Å². The van der Waals surface area contributed by atoms with Gasteiger partial charge < -0.3 is 4.74 Å². The number of cyclic esters (lactones) is 1. The van der Waals surface area contributed by atoms with E-state index in [0.29, 0.717) is 0 Å². The third kappa shape index (κ3) is 2.78. The summed E-state index contributed by atoms with van der Waals surface area (Å²) in [5, 5.41) is 0. The summed E-state index contributed by atoms with van der Waals surface area (Å²) in [4.78, 5) is 10.3. The highest BCUT2D eigenvalue weighted by Crippen LogP contribution is 2.28. The molecule has 1 atom stereocenters. The fourth-order valence-corrected chi connectivity index (χ4v) is 0.984. The fourth-order valence-electron chi connectivity index (χ4n) is 0.984. The maximum absolute atomic E-state index is 11.6. The summed E-state index contributed by atoms with van der Waals surface area (Å²) >= 11 is 0. The van der Waals surface area contributed by atoms with Gasteiger partial charge in [-0.05, 0) is 6.42 Å². The molecule has 0 aromatic heterocycles. The predicted octanol–water partition coefficient (Wildman–Crippen LogP) is 1.64. The third-order valence-corrected chi connectivity index (χ3v) is 1.43. The molecular weight excluding hydrogens is 161 g/mol. The summed E-state index contributed by atoms with van der Waals surface area (Å²) in [6.45, 7) is 0. The number of rotatable bonds is 1. The summed E-state index contributed by atoms with van der Waals surface area (Å²) in [5.74, 6) is -0.528. The molecule has 2 nitrogen and oxygen atoms in total. The molecule has 64 valence electrons. The lowest BCUT2D eigenvalue weighted by Crippen LogP contribution is -2.18. The van der Waals surface area contributed by atoms with Crippen LogP contribution in [0, 0.1) is 0 Å². The number of ether oxygens (including phenoxy) is 1. The minimum absolute atomic E-state index is 0.112. The average molecular weight is 168 g/mol. The Hall–Kier alpha value is -0.740. The Bertz CT molecular complexity index is 164. The second-order valence-electron chi connectivity index (χ2n) is 2.47. The zero-order valence-corrected chi connectivity index (χ0v) is 5.65. The topological polar surface area (TPSA) is 26.3 Å². The van der Waals surface area contributed by atoms with Gasteiger partial charge in [0.1, 0.15) is 6.10 Å². The van der Waals surface area contributed by atoms with Gasteiger partial charge in [0.15, 0.2) is 0 Å². The quantitative estimate of drug-likeness (QED) is 0.556. The lowest BCUT2D eigenvalue weighted by atomic mass is 10.2. The Labute approximate surface area is 61.3 Å². The number of carbonyl (C=O) groups excluding carboxylic acids is 1. The van der Waals surface area contributed by atoms with Crippen molar-refractivity contribution in [3.8, 4) is 0 Å². The van der Waals surface area contributed by atoms with Crippen LogP contribution >= 0.6 is 0 Å². The Morgan fingerprint density at radius 3 is 2.55 bits per heavy atom. The van der Waals surface area contributed by atoms with Gasteiger partial charge in [-0.15, -0.1) is 0 Å². The van der Waals surface area contributed by atoms with E-state index in [0.717, 1.165) is 0 Å². The van der Waals surface area contributed by atoms with Crippen molar-refractivity contribution < 1.29 is 22.7 Å². The van der Waals surface area contributed by atoms with Gasteiger partial charge in [-0.3, -0.25) is 4.79 Å². The highest BCUT2D eigenvalue weighted by molar-refractivity contribution is 5.71. The molecule has 1 saturated heterocycles. The first kappa shape index (κ1) is 8.36. The van der Waals surface area contributed by atoms with Crippen LogP contribution in [0.15, 0.2) is 0 Å². The second kappa shape index (κ2) is 2.71. The Balaban J connectivity index is 2.34. The van der Waals surface area contributed by atoms with Gasteiger partial charge in [-0.2, -0.15) is 13.2 Å². The van der Waals surface area contributed by atoms with Crippen LogP contribution in [0.5, 0.6) is 0 Å². The molecular formula is C6H7F3O2. The van der Waals surface area contributed by atoms with Crippen LogP contribution in [-0.2, 0) is 9.53 Å². The smallest absolute Gasteiger partial charge is 0.392 e. The Kier molecular flexibility index (Phi) is 2.06. The normalized spacial score (nSPS) is 25.4. The predicted molar refractivity (Wildman–Crippen MR) is 29.8 cm³/mol. The van der Waals surface area contributed by atoms with Crippen LogP contribution in [-0.4, -0.2) is 18.2 Å². The highest BCUT2D eigenvalue weighted by Gasteiger charge is 2.36. The molecule has 0 saturated carbocycles. The van der Waals surface area contributed by atoms with E-state index in [1.807, 2.05) is 0 Å². The monoisotopic (exact) mass is 168 g/mol. The van der Waals surface area contributed by atoms with E-state index in [4.69, 9.17) is 0 Å². The first-order valence-corrected chi connectivity index (χ1v) is 3.23. The largest absolute Gasteiger partial charge is 0.462 e. The zero-order chi connectivity index (χ0) is 8.48. The van der Waals surface area contributed by atoms with Gasteiger partial charge in [0.2, 0.25) is 0 Å². The molecule has 0 aliphatic carbocycles. The van der Waals surface area contributed by atoms with Gasteiger partial charge in [0, 0.05) is 6.42 Å². The van der Waals surface area contributed by atoms with Crippen LogP contribution < -0.4 is 0 Å². The van der Waals surface area contributed by atoms with Crippen molar-refractivity contribution in [2.45, 2.75) is 31.5 Å². The lowest BCUT2D eigenvalue weighted by Gasteiger charge is -2.10. The number of hydrogen-bond acceptors (Lipinski definition) is 2. The number of alkyl halides is 3. The Morgan fingerprint density at radius 1 is 1.55 bits per heavy atom. The number of carbonyl (C=O) groups is 1.